The van der Waals surface area contributed by atoms with Crippen molar-refractivity contribution in [3.63, 3.8) is 0 Å². The average Bonchev–Trinajstić information content (AvgIpc) is 3.24. The SMILES string of the molecule is COc1ccc([C@H](C)NC(=O)c2nnc(-c3ccc(S(=O)(=O)N(C)C)cc3)o2)cc1. The molecule has 0 aliphatic carbocycles. The van der Waals surface area contributed by atoms with Crippen molar-refractivity contribution in [2.45, 2.75) is 17.9 Å². The largest absolute Gasteiger partial charge is 0.497 e. The van der Waals surface area contributed by atoms with E-state index in [0.717, 1.165) is 15.6 Å². The molecule has 0 spiro atoms. The molecule has 1 N–H and O–H groups in total. The van der Waals surface area contributed by atoms with Crippen molar-refractivity contribution >= 4 is 15.9 Å². The zero-order valence-corrected chi connectivity index (χ0v) is 17.8. The third kappa shape index (κ3) is 4.50. The van der Waals surface area contributed by atoms with Gasteiger partial charge in [-0.2, -0.15) is 0 Å². The predicted octanol–water partition coefficient (Wildman–Crippen LogP) is 2.49. The molecule has 1 heterocycles. The van der Waals surface area contributed by atoms with Crippen LogP contribution in [0.3, 0.4) is 0 Å². The minimum absolute atomic E-state index is 0.117. The average molecular weight is 430 g/mol. The summed E-state index contributed by atoms with van der Waals surface area (Å²) in [7, 11) is 0.967. The molecule has 3 aromatic rings. The third-order valence-electron chi connectivity index (χ3n) is 4.46. The highest BCUT2D eigenvalue weighted by Gasteiger charge is 2.20. The maximum Gasteiger partial charge on any atom is 0.309 e. The molecule has 0 aliphatic heterocycles. The van der Waals surface area contributed by atoms with Gasteiger partial charge < -0.3 is 14.5 Å². The highest BCUT2D eigenvalue weighted by Crippen LogP contribution is 2.22. The zero-order valence-electron chi connectivity index (χ0n) is 17.0. The van der Waals surface area contributed by atoms with E-state index in [0.29, 0.717) is 5.56 Å². The first-order valence-corrected chi connectivity index (χ1v) is 10.5. The lowest BCUT2D eigenvalue weighted by Gasteiger charge is -2.13. The number of nitrogens with one attached hydrogen (secondary N) is 1. The Kier molecular flexibility index (Phi) is 6.18. The van der Waals surface area contributed by atoms with Crippen LogP contribution in [0.1, 0.15) is 29.2 Å². The standard InChI is InChI=1S/C20H22N4O5S/c1-13(14-5-9-16(28-4)10-6-14)21-18(25)20-23-22-19(29-20)15-7-11-17(12-8-15)30(26,27)24(2)3/h5-13H,1-4H3,(H,21,25)/t13-/m0/s1. The van der Waals surface area contributed by atoms with E-state index >= 15 is 0 Å². The van der Waals surface area contributed by atoms with Gasteiger partial charge in [-0.05, 0) is 48.9 Å². The molecule has 0 saturated carbocycles. The van der Waals surface area contributed by atoms with E-state index in [1.54, 1.807) is 19.2 Å². The summed E-state index contributed by atoms with van der Waals surface area (Å²) in [6, 6.07) is 13.0. The Morgan fingerprint density at radius 2 is 1.70 bits per heavy atom. The number of rotatable bonds is 7. The van der Waals surface area contributed by atoms with Crippen LogP contribution >= 0.6 is 0 Å². The number of nitrogens with zero attached hydrogens (tertiary/aromatic N) is 3. The van der Waals surface area contributed by atoms with Gasteiger partial charge in [0, 0.05) is 19.7 Å². The van der Waals surface area contributed by atoms with Crippen molar-refractivity contribution in [1.82, 2.24) is 19.8 Å². The predicted molar refractivity (Wildman–Crippen MR) is 109 cm³/mol. The highest BCUT2D eigenvalue weighted by molar-refractivity contribution is 7.89. The number of amides is 1. The van der Waals surface area contributed by atoms with Crippen LogP contribution in [0, 0.1) is 0 Å². The zero-order chi connectivity index (χ0) is 21.9. The first-order valence-electron chi connectivity index (χ1n) is 9.03. The number of hydrogen-bond acceptors (Lipinski definition) is 7. The van der Waals surface area contributed by atoms with Gasteiger partial charge in [-0.15, -0.1) is 10.2 Å². The Labute approximate surface area is 174 Å². The fraction of sp³-hybridized carbons (Fsp3) is 0.250. The lowest BCUT2D eigenvalue weighted by molar-refractivity contribution is 0.0905. The maximum atomic E-state index is 12.4. The lowest BCUT2D eigenvalue weighted by atomic mass is 10.1. The summed E-state index contributed by atoms with van der Waals surface area (Å²) in [6.07, 6.45) is 0. The molecule has 3 rings (SSSR count). The molecule has 0 radical (unpaired) electrons. The van der Waals surface area contributed by atoms with Crippen molar-refractivity contribution in [2.75, 3.05) is 21.2 Å². The van der Waals surface area contributed by atoms with Gasteiger partial charge in [-0.25, -0.2) is 12.7 Å². The van der Waals surface area contributed by atoms with Crippen molar-refractivity contribution in [3.8, 4) is 17.2 Å². The summed E-state index contributed by atoms with van der Waals surface area (Å²) in [4.78, 5) is 12.6. The van der Waals surface area contributed by atoms with Gasteiger partial charge in [0.05, 0.1) is 18.0 Å². The molecule has 0 fully saturated rings. The lowest BCUT2D eigenvalue weighted by Crippen LogP contribution is -2.26. The molecule has 30 heavy (non-hydrogen) atoms. The summed E-state index contributed by atoms with van der Waals surface area (Å²) in [5.74, 6) is 0.147. The van der Waals surface area contributed by atoms with Crippen molar-refractivity contribution in [1.29, 1.82) is 0 Å². The molecule has 0 bridgehead atoms. The maximum absolute atomic E-state index is 12.4. The van der Waals surface area contributed by atoms with Crippen LogP contribution in [-0.4, -0.2) is 50.0 Å². The van der Waals surface area contributed by atoms with Gasteiger partial charge in [0.1, 0.15) is 5.75 Å². The summed E-state index contributed by atoms with van der Waals surface area (Å²) >= 11 is 0. The summed E-state index contributed by atoms with van der Waals surface area (Å²) in [6.45, 7) is 1.83. The van der Waals surface area contributed by atoms with Crippen LogP contribution in [0.5, 0.6) is 5.75 Å². The Bertz CT molecular complexity index is 1120. The Hall–Kier alpha value is -3.24. The van der Waals surface area contributed by atoms with E-state index in [4.69, 9.17) is 9.15 Å². The highest BCUT2D eigenvalue weighted by atomic mass is 32.2. The Morgan fingerprint density at radius 1 is 1.07 bits per heavy atom. The summed E-state index contributed by atoms with van der Waals surface area (Å²) in [5.41, 5.74) is 1.39. The summed E-state index contributed by atoms with van der Waals surface area (Å²) < 4.78 is 36.0. The quantitative estimate of drug-likeness (QED) is 0.612. The van der Waals surface area contributed by atoms with E-state index in [2.05, 4.69) is 15.5 Å². The fourth-order valence-electron chi connectivity index (χ4n) is 2.65. The monoisotopic (exact) mass is 430 g/mol. The Balaban J connectivity index is 1.71. The topological polar surface area (TPSA) is 115 Å². The molecule has 0 unspecified atom stereocenters. The van der Waals surface area contributed by atoms with Gasteiger partial charge in [0.25, 0.3) is 0 Å². The van der Waals surface area contributed by atoms with E-state index in [1.165, 1.54) is 26.2 Å². The van der Waals surface area contributed by atoms with Gasteiger partial charge in [-0.3, -0.25) is 4.79 Å². The fourth-order valence-corrected chi connectivity index (χ4v) is 3.55. The van der Waals surface area contributed by atoms with Gasteiger partial charge in [-0.1, -0.05) is 12.1 Å². The van der Waals surface area contributed by atoms with Crippen LogP contribution in [0.2, 0.25) is 0 Å². The van der Waals surface area contributed by atoms with E-state index in [1.807, 2.05) is 31.2 Å². The Morgan fingerprint density at radius 3 is 2.27 bits per heavy atom. The minimum Gasteiger partial charge on any atom is -0.497 e. The first kappa shape index (κ1) is 21.5. The van der Waals surface area contributed by atoms with Crippen LogP contribution in [0.25, 0.3) is 11.5 Å². The normalized spacial score (nSPS) is 12.6. The first-order chi connectivity index (χ1) is 14.2. The van der Waals surface area contributed by atoms with Crippen molar-refractivity contribution < 1.29 is 22.4 Å². The van der Waals surface area contributed by atoms with Crippen LogP contribution < -0.4 is 10.1 Å². The molecule has 2 aromatic carbocycles. The number of sulfonamides is 1. The van der Waals surface area contributed by atoms with E-state index < -0.39 is 15.9 Å². The number of methoxy groups -OCH3 is 1. The number of hydrogen-bond donors (Lipinski definition) is 1. The van der Waals surface area contributed by atoms with Gasteiger partial charge in [0.15, 0.2) is 0 Å². The minimum atomic E-state index is -3.53. The second-order valence-corrected chi connectivity index (χ2v) is 8.84. The van der Waals surface area contributed by atoms with Gasteiger partial charge >= 0.3 is 11.8 Å². The number of benzene rings is 2. The molecule has 10 heteroatoms. The number of carbonyl (C=O) groups excluding carboxylic acids is 1. The van der Waals surface area contributed by atoms with Crippen LogP contribution in [0.4, 0.5) is 0 Å². The third-order valence-corrected chi connectivity index (χ3v) is 6.29. The van der Waals surface area contributed by atoms with E-state index in [9.17, 15) is 13.2 Å². The molecular weight excluding hydrogens is 408 g/mol. The van der Waals surface area contributed by atoms with Crippen molar-refractivity contribution in [3.05, 3.63) is 60.0 Å². The van der Waals surface area contributed by atoms with E-state index in [-0.39, 0.29) is 22.7 Å². The number of carbonyl (C=O) groups is 1. The smallest absolute Gasteiger partial charge is 0.309 e. The molecule has 1 atom stereocenters. The van der Waals surface area contributed by atoms with Crippen LogP contribution in [0.15, 0.2) is 57.8 Å². The van der Waals surface area contributed by atoms with Crippen molar-refractivity contribution in [2.24, 2.45) is 0 Å². The molecule has 158 valence electrons. The molecule has 1 aromatic heterocycles. The second kappa shape index (κ2) is 8.64. The number of aromatic nitrogens is 2. The second-order valence-electron chi connectivity index (χ2n) is 6.69. The van der Waals surface area contributed by atoms with Crippen LogP contribution in [-0.2, 0) is 10.0 Å². The molecule has 9 nitrogen and oxygen atoms in total. The molecule has 1 amide bonds. The molecule has 0 saturated heterocycles. The molecule has 0 aliphatic rings. The molecular formula is C20H22N4O5S. The van der Waals surface area contributed by atoms with Gasteiger partial charge in [0.2, 0.25) is 15.9 Å². The summed E-state index contributed by atoms with van der Waals surface area (Å²) in [5, 5.41) is 10.5. The number of ether oxygens (including phenoxy) is 1.